The van der Waals surface area contributed by atoms with Crippen molar-refractivity contribution in [2.45, 2.75) is 12.3 Å². The molecule has 5 nitrogen and oxygen atoms in total. The smallest absolute Gasteiger partial charge is 0.412 e. The molecule has 0 saturated heterocycles. The molecule has 1 aromatic heterocycles. The van der Waals surface area contributed by atoms with Crippen LogP contribution in [-0.4, -0.2) is 23.8 Å². The number of carbonyl (C=O) groups is 2. The first-order valence-corrected chi connectivity index (χ1v) is 9.40. The van der Waals surface area contributed by atoms with Gasteiger partial charge in [0, 0.05) is 5.92 Å². The number of anilines is 1. The number of carboxylic acid groups (broad SMARTS) is 1. The summed E-state index contributed by atoms with van der Waals surface area (Å²) in [6.07, 6.45) is 0.111. The predicted molar refractivity (Wildman–Crippen MR) is 105 cm³/mol. The van der Waals surface area contributed by atoms with Crippen molar-refractivity contribution in [3.8, 4) is 11.1 Å². The van der Waals surface area contributed by atoms with Gasteiger partial charge in [-0.2, -0.15) is 0 Å². The highest BCUT2D eigenvalue weighted by atomic mass is 32.1. The lowest BCUT2D eigenvalue weighted by Gasteiger charge is -2.13. The Hall–Kier alpha value is -3.12. The third-order valence-corrected chi connectivity index (χ3v) is 5.63. The molecule has 27 heavy (non-hydrogen) atoms. The summed E-state index contributed by atoms with van der Waals surface area (Å²) < 4.78 is 5.32. The first kappa shape index (κ1) is 17.3. The second-order valence-corrected chi connectivity index (χ2v) is 7.33. The van der Waals surface area contributed by atoms with Crippen molar-refractivity contribution in [3.05, 3.63) is 76.7 Å². The zero-order chi connectivity index (χ0) is 18.8. The van der Waals surface area contributed by atoms with Gasteiger partial charge in [-0.3, -0.25) is 5.32 Å². The minimum atomic E-state index is -1.01. The fourth-order valence-electron chi connectivity index (χ4n) is 3.50. The van der Waals surface area contributed by atoms with Crippen LogP contribution in [0.2, 0.25) is 0 Å². The van der Waals surface area contributed by atoms with E-state index in [1.807, 2.05) is 24.3 Å². The Morgan fingerprint density at radius 3 is 2.19 bits per heavy atom. The van der Waals surface area contributed by atoms with E-state index in [2.05, 4.69) is 29.6 Å². The van der Waals surface area contributed by atoms with Crippen molar-refractivity contribution in [2.24, 2.45) is 0 Å². The molecule has 1 heterocycles. The Balaban J connectivity index is 1.39. The van der Waals surface area contributed by atoms with Crippen molar-refractivity contribution in [3.63, 3.8) is 0 Å². The number of benzene rings is 2. The summed E-state index contributed by atoms with van der Waals surface area (Å²) >= 11 is 0.998. The van der Waals surface area contributed by atoms with Crippen LogP contribution >= 0.6 is 11.3 Å². The third kappa shape index (κ3) is 3.44. The van der Waals surface area contributed by atoms with Crippen LogP contribution in [0.5, 0.6) is 0 Å². The predicted octanol–water partition coefficient (Wildman–Crippen LogP) is 5.20. The summed E-state index contributed by atoms with van der Waals surface area (Å²) in [7, 11) is 0. The molecule has 3 aromatic rings. The first-order valence-electron chi connectivity index (χ1n) is 8.58. The number of hydrogen-bond acceptors (Lipinski definition) is 4. The van der Waals surface area contributed by atoms with E-state index in [0.717, 1.165) is 11.3 Å². The number of amides is 1. The number of aromatic carboxylic acids is 1. The van der Waals surface area contributed by atoms with Crippen molar-refractivity contribution in [1.29, 1.82) is 0 Å². The van der Waals surface area contributed by atoms with Crippen molar-refractivity contribution in [1.82, 2.24) is 0 Å². The van der Waals surface area contributed by atoms with E-state index in [-0.39, 0.29) is 17.4 Å². The fraction of sp³-hybridized carbons (Fsp3) is 0.143. The van der Waals surface area contributed by atoms with Crippen LogP contribution in [0.3, 0.4) is 0 Å². The number of thiophene rings is 1. The van der Waals surface area contributed by atoms with Crippen LogP contribution in [0.15, 0.2) is 60.7 Å². The maximum atomic E-state index is 12.0. The van der Waals surface area contributed by atoms with Gasteiger partial charge in [0.1, 0.15) is 4.88 Å². The molecule has 1 aliphatic rings. The number of rotatable bonds is 5. The van der Waals surface area contributed by atoms with Crippen molar-refractivity contribution >= 4 is 28.4 Å². The average Bonchev–Trinajstić information content (AvgIpc) is 3.26. The Morgan fingerprint density at radius 2 is 1.59 bits per heavy atom. The molecule has 0 aliphatic heterocycles. The number of ether oxygens (including phenoxy) is 1. The van der Waals surface area contributed by atoms with Crippen LogP contribution in [0.25, 0.3) is 11.1 Å². The number of nitrogens with one attached hydrogen (secondary N) is 1. The summed E-state index contributed by atoms with van der Waals surface area (Å²) in [4.78, 5) is 23.0. The Kier molecular flexibility index (Phi) is 4.64. The van der Waals surface area contributed by atoms with Gasteiger partial charge in [0.2, 0.25) is 0 Å². The van der Waals surface area contributed by atoms with Gasteiger partial charge in [0.25, 0.3) is 0 Å². The maximum absolute atomic E-state index is 12.0. The lowest BCUT2D eigenvalue weighted by Crippen LogP contribution is -2.15. The molecule has 2 N–H and O–H groups in total. The molecular formula is C21H17NO4S. The molecule has 0 unspecified atom stereocenters. The minimum absolute atomic E-state index is 0.171. The SMILES string of the molecule is O=C(Nc1ccc(C(=O)O)s1)OCCC1c2ccccc2-c2ccccc21. The lowest BCUT2D eigenvalue weighted by atomic mass is 9.94. The Bertz CT molecular complexity index is 965. The molecule has 1 amide bonds. The molecule has 2 aromatic carbocycles. The molecule has 0 spiro atoms. The van der Waals surface area contributed by atoms with Crippen LogP contribution in [-0.2, 0) is 4.74 Å². The largest absolute Gasteiger partial charge is 0.477 e. The van der Waals surface area contributed by atoms with E-state index in [1.165, 1.54) is 28.3 Å². The first-order chi connectivity index (χ1) is 13.1. The maximum Gasteiger partial charge on any atom is 0.412 e. The van der Waals surface area contributed by atoms with E-state index in [4.69, 9.17) is 9.84 Å². The number of hydrogen-bond donors (Lipinski definition) is 2. The zero-order valence-corrected chi connectivity index (χ0v) is 15.2. The van der Waals surface area contributed by atoms with E-state index < -0.39 is 12.1 Å². The topological polar surface area (TPSA) is 75.6 Å². The Morgan fingerprint density at radius 1 is 0.963 bits per heavy atom. The molecule has 0 radical (unpaired) electrons. The summed E-state index contributed by atoms with van der Waals surface area (Å²) in [6, 6.07) is 19.6. The van der Waals surface area contributed by atoms with Gasteiger partial charge >= 0.3 is 12.1 Å². The van der Waals surface area contributed by atoms with E-state index in [9.17, 15) is 9.59 Å². The quantitative estimate of drug-likeness (QED) is 0.639. The van der Waals surface area contributed by atoms with E-state index in [1.54, 1.807) is 6.07 Å². The van der Waals surface area contributed by atoms with Crippen LogP contribution in [0, 0.1) is 0 Å². The fourth-order valence-corrected chi connectivity index (χ4v) is 4.23. The van der Waals surface area contributed by atoms with Crippen LogP contribution in [0.1, 0.15) is 33.1 Å². The van der Waals surface area contributed by atoms with Gasteiger partial charge in [0.05, 0.1) is 11.6 Å². The van der Waals surface area contributed by atoms with Gasteiger partial charge < -0.3 is 9.84 Å². The molecule has 4 rings (SSSR count). The highest BCUT2D eigenvalue weighted by Crippen LogP contribution is 2.45. The summed E-state index contributed by atoms with van der Waals surface area (Å²) in [5, 5.41) is 11.9. The Labute approximate surface area is 160 Å². The van der Waals surface area contributed by atoms with E-state index >= 15 is 0 Å². The molecular weight excluding hydrogens is 362 g/mol. The van der Waals surface area contributed by atoms with Gasteiger partial charge in [-0.05, 0) is 40.8 Å². The molecule has 6 heteroatoms. The molecule has 0 saturated carbocycles. The summed E-state index contributed by atoms with van der Waals surface area (Å²) in [5.74, 6) is -0.814. The monoisotopic (exact) mass is 379 g/mol. The van der Waals surface area contributed by atoms with Gasteiger partial charge in [-0.15, -0.1) is 11.3 Å². The number of fused-ring (bicyclic) bond motifs is 3. The van der Waals surface area contributed by atoms with Crippen LogP contribution < -0.4 is 5.32 Å². The second-order valence-electron chi connectivity index (χ2n) is 6.25. The standard InChI is InChI=1S/C21H17NO4S/c23-20(24)18-9-10-19(27-18)22-21(25)26-12-11-17-15-7-3-1-5-13(15)14-6-2-4-8-16(14)17/h1-10,17H,11-12H2,(H,22,25)(H,23,24). The van der Waals surface area contributed by atoms with Crippen molar-refractivity contribution < 1.29 is 19.4 Å². The van der Waals surface area contributed by atoms with Gasteiger partial charge in [-0.25, -0.2) is 9.59 Å². The normalized spacial score (nSPS) is 12.3. The van der Waals surface area contributed by atoms with E-state index in [0.29, 0.717) is 11.4 Å². The molecule has 136 valence electrons. The molecule has 1 aliphatic carbocycles. The summed E-state index contributed by atoms with van der Waals surface area (Å²) in [5.41, 5.74) is 4.99. The molecule has 0 fully saturated rings. The second kappa shape index (κ2) is 7.25. The van der Waals surface area contributed by atoms with Crippen molar-refractivity contribution in [2.75, 3.05) is 11.9 Å². The highest BCUT2D eigenvalue weighted by Gasteiger charge is 2.27. The van der Waals surface area contributed by atoms with Gasteiger partial charge in [-0.1, -0.05) is 48.5 Å². The minimum Gasteiger partial charge on any atom is -0.477 e. The average molecular weight is 379 g/mol. The lowest BCUT2D eigenvalue weighted by molar-refractivity contribution is 0.0702. The van der Waals surface area contributed by atoms with Crippen LogP contribution in [0.4, 0.5) is 9.80 Å². The van der Waals surface area contributed by atoms with Gasteiger partial charge in [0.15, 0.2) is 0 Å². The number of carbonyl (C=O) groups excluding carboxylic acids is 1. The third-order valence-electron chi connectivity index (χ3n) is 4.64. The molecule has 0 bridgehead atoms. The molecule has 0 atom stereocenters. The number of carboxylic acids is 1. The highest BCUT2D eigenvalue weighted by molar-refractivity contribution is 7.18. The zero-order valence-electron chi connectivity index (χ0n) is 14.3. The summed E-state index contributed by atoms with van der Waals surface area (Å²) in [6.45, 7) is 0.274.